The quantitative estimate of drug-likeness (QED) is 0.593. The zero-order chi connectivity index (χ0) is 6.69. The largest absolute Gasteiger partial charge is 1.00 e. The maximum absolute atomic E-state index is 3.82. The summed E-state index contributed by atoms with van der Waals surface area (Å²) in [4.78, 5) is 0. The second kappa shape index (κ2) is 7.00. The molecule has 1 aromatic carbocycles. The molecule has 0 nitrogen and oxygen atoms in total. The maximum atomic E-state index is 3.82. The van der Waals surface area contributed by atoms with Crippen molar-refractivity contribution >= 4 is 0 Å². The Labute approximate surface area is 91.9 Å². The summed E-state index contributed by atoms with van der Waals surface area (Å²) in [6.45, 7) is 5.93. The van der Waals surface area contributed by atoms with Gasteiger partial charge in [-0.25, -0.2) is 0 Å². The van der Waals surface area contributed by atoms with Crippen LogP contribution in [0.25, 0.3) is 0 Å². The molecule has 0 aliphatic rings. The summed E-state index contributed by atoms with van der Waals surface area (Å²) >= 11 is 0. The summed E-state index contributed by atoms with van der Waals surface area (Å²) in [5.41, 5.74) is 2.69. The maximum Gasteiger partial charge on any atom is 0 e. The minimum atomic E-state index is 0. The van der Waals surface area contributed by atoms with Gasteiger partial charge in [-0.05, 0) is 31.4 Å². The van der Waals surface area contributed by atoms with Crippen molar-refractivity contribution in [2.75, 3.05) is 0 Å². The Hall–Kier alpha value is 0.323. The molecule has 1 radical (unpaired) electrons. The van der Waals surface area contributed by atoms with E-state index in [2.05, 4.69) is 32.0 Å². The molecule has 0 aliphatic carbocycles. The fraction of sp³-hybridized carbons (Fsp3) is 0.222. The van der Waals surface area contributed by atoms with E-state index in [-0.39, 0.29) is 36.5 Å². The average Bonchev–Trinajstić information content (AvgIpc) is 1.89. The van der Waals surface area contributed by atoms with Gasteiger partial charge >= 0.3 is 0 Å². The zero-order valence-corrected chi connectivity index (χ0v) is 11.4. The molecule has 1 aromatic rings. The molecule has 0 heterocycles. The van der Waals surface area contributed by atoms with Crippen LogP contribution in [-0.2, 0) is 25.9 Å². The Balaban J connectivity index is 0. The van der Waals surface area contributed by atoms with Gasteiger partial charge in [0.25, 0.3) is 0 Å². The Morgan fingerprint density at radius 2 is 1.82 bits per heavy atom. The normalized spacial score (nSPS) is 7.82. The Bertz CT molecular complexity index is 199. The first-order valence-electron chi connectivity index (χ1n) is 3.18. The van der Waals surface area contributed by atoms with Gasteiger partial charge < -0.3 is 17.0 Å². The summed E-state index contributed by atoms with van der Waals surface area (Å²) < 4.78 is 0. The van der Waals surface area contributed by atoms with E-state index in [1.54, 1.807) is 0 Å². The molecule has 0 N–H and O–H groups in total. The van der Waals surface area contributed by atoms with Crippen molar-refractivity contribution in [3.8, 4) is 0 Å². The van der Waals surface area contributed by atoms with Gasteiger partial charge in [0.2, 0.25) is 0 Å². The third kappa shape index (κ3) is 4.03. The summed E-state index contributed by atoms with van der Waals surface area (Å²) in [5.74, 6) is 0. The number of aryl methyl sites for hydroxylation is 1. The molecule has 0 amide bonds. The SMILES string of the molecule is [Br-].[CH2]Cc1ccccc1C.[Zn]. The molecule has 0 atom stereocenters. The van der Waals surface area contributed by atoms with Crippen LogP contribution in [0.2, 0.25) is 0 Å². The van der Waals surface area contributed by atoms with Gasteiger partial charge in [-0.15, -0.1) is 0 Å². The van der Waals surface area contributed by atoms with E-state index in [0.29, 0.717) is 0 Å². The van der Waals surface area contributed by atoms with Crippen molar-refractivity contribution in [2.45, 2.75) is 13.3 Å². The Morgan fingerprint density at radius 3 is 2.18 bits per heavy atom. The van der Waals surface area contributed by atoms with Gasteiger partial charge in [0.15, 0.2) is 0 Å². The first kappa shape index (κ1) is 13.9. The first-order chi connectivity index (χ1) is 4.34. The smallest absolute Gasteiger partial charge is 0 e. The molecule has 0 aliphatic heterocycles. The van der Waals surface area contributed by atoms with Gasteiger partial charge in [-0.2, -0.15) is 0 Å². The zero-order valence-electron chi connectivity index (χ0n) is 6.81. The van der Waals surface area contributed by atoms with Crippen LogP contribution >= 0.6 is 0 Å². The van der Waals surface area contributed by atoms with Crippen molar-refractivity contribution in [1.29, 1.82) is 0 Å². The van der Waals surface area contributed by atoms with E-state index >= 15 is 0 Å². The molecule has 0 unspecified atom stereocenters. The van der Waals surface area contributed by atoms with Crippen LogP contribution < -0.4 is 17.0 Å². The van der Waals surface area contributed by atoms with Crippen LogP contribution in [0.1, 0.15) is 11.1 Å². The fourth-order valence-electron chi connectivity index (χ4n) is 0.891. The van der Waals surface area contributed by atoms with E-state index in [1.807, 2.05) is 6.07 Å². The standard InChI is InChI=1S/C9H11.BrH.Zn/c1-3-9-7-5-4-6-8(9)2;;/h4-7H,1,3H2,2H3;1H;/p-1. The second-order valence-electron chi connectivity index (χ2n) is 2.18. The first-order valence-corrected chi connectivity index (χ1v) is 3.18. The minimum absolute atomic E-state index is 0. The van der Waals surface area contributed by atoms with Crippen LogP contribution in [0, 0.1) is 13.8 Å². The topological polar surface area (TPSA) is 0 Å². The van der Waals surface area contributed by atoms with Crippen LogP contribution in [0.5, 0.6) is 0 Å². The molecule has 57 valence electrons. The van der Waals surface area contributed by atoms with Crippen molar-refractivity contribution < 1.29 is 36.5 Å². The van der Waals surface area contributed by atoms with E-state index in [4.69, 9.17) is 0 Å². The molecule has 1 rings (SSSR count). The monoisotopic (exact) mass is 262 g/mol. The number of halogens is 1. The van der Waals surface area contributed by atoms with E-state index in [0.717, 1.165) is 6.42 Å². The van der Waals surface area contributed by atoms with E-state index in [1.165, 1.54) is 11.1 Å². The number of hydrogen-bond acceptors (Lipinski definition) is 0. The fourth-order valence-corrected chi connectivity index (χ4v) is 0.891. The van der Waals surface area contributed by atoms with E-state index in [9.17, 15) is 0 Å². The molecule has 0 aromatic heterocycles. The molecule has 0 spiro atoms. The van der Waals surface area contributed by atoms with Crippen molar-refractivity contribution in [3.05, 3.63) is 42.3 Å². The second-order valence-corrected chi connectivity index (χ2v) is 2.18. The number of rotatable bonds is 1. The molecule has 0 bridgehead atoms. The van der Waals surface area contributed by atoms with Crippen LogP contribution in [-0.4, -0.2) is 0 Å². The molecular formula is C9H11BrZn-. The van der Waals surface area contributed by atoms with Gasteiger partial charge in [0, 0.05) is 19.5 Å². The van der Waals surface area contributed by atoms with Crippen molar-refractivity contribution in [2.24, 2.45) is 0 Å². The average molecular weight is 264 g/mol. The molecule has 11 heavy (non-hydrogen) atoms. The third-order valence-corrected chi connectivity index (χ3v) is 1.53. The van der Waals surface area contributed by atoms with Crippen LogP contribution in [0.15, 0.2) is 24.3 Å². The number of benzene rings is 1. The minimum Gasteiger partial charge on any atom is -1.00 e. The Kier molecular flexibility index (Phi) is 8.83. The summed E-state index contributed by atoms with van der Waals surface area (Å²) in [6, 6.07) is 8.32. The molecule has 0 saturated carbocycles. The van der Waals surface area contributed by atoms with Gasteiger partial charge in [0.05, 0.1) is 0 Å². The molecular weight excluding hydrogens is 253 g/mol. The van der Waals surface area contributed by atoms with Gasteiger partial charge in [-0.1, -0.05) is 24.3 Å². The predicted octanol–water partition coefficient (Wildman–Crippen LogP) is -0.627. The molecule has 2 heteroatoms. The summed E-state index contributed by atoms with van der Waals surface area (Å²) in [6.07, 6.45) is 0.896. The van der Waals surface area contributed by atoms with Gasteiger partial charge in [-0.3, -0.25) is 0 Å². The number of hydrogen-bond donors (Lipinski definition) is 0. The third-order valence-electron chi connectivity index (χ3n) is 1.53. The summed E-state index contributed by atoms with van der Waals surface area (Å²) in [7, 11) is 0. The van der Waals surface area contributed by atoms with Crippen LogP contribution in [0.4, 0.5) is 0 Å². The van der Waals surface area contributed by atoms with Crippen LogP contribution in [0.3, 0.4) is 0 Å². The van der Waals surface area contributed by atoms with Crippen molar-refractivity contribution in [3.63, 3.8) is 0 Å². The van der Waals surface area contributed by atoms with E-state index < -0.39 is 0 Å². The van der Waals surface area contributed by atoms with Gasteiger partial charge in [0.1, 0.15) is 0 Å². The Morgan fingerprint density at radius 1 is 1.27 bits per heavy atom. The predicted molar refractivity (Wildman–Crippen MR) is 40.2 cm³/mol. The summed E-state index contributed by atoms with van der Waals surface area (Å²) in [5, 5.41) is 0. The van der Waals surface area contributed by atoms with Crippen molar-refractivity contribution in [1.82, 2.24) is 0 Å². The molecule has 0 fully saturated rings. The molecule has 0 saturated heterocycles.